The lowest BCUT2D eigenvalue weighted by Crippen LogP contribution is -2.46. The zero-order valence-electron chi connectivity index (χ0n) is 23.9. The number of aliphatic hydroxyl groups is 2. The smallest absolute Gasteiger partial charge is 0.113 e. The third-order valence-corrected chi connectivity index (χ3v) is 11.0. The fourth-order valence-corrected chi connectivity index (χ4v) is 8.03. The Balaban J connectivity index is 0.874. The molecule has 1 aromatic carbocycles. The lowest BCUT2D eigenvalue weighted by atomic mass is 9.66. The number of benzene rings is 1. The van der Waals surface area contributed by atoms with Crippen molar-refractivity contribution in [2.75, 3.05) is 36.2 Å². The van der Waals surface area contributed by atoms with E-state index in [1.807, 2.05) is 12.3 Å². The van der Waals surface area contributed by atoms with Crippen molar-refractivity contribution in [1.82, 2.24) is 14.8 Å². The number of aliphatic hydroxyl groups excluding tert-OH is 2. The predicted molar refractivity (Wildman–Crippen MR) is 159 cm³/mol. The van der Waals surface area contributed by atoms with Crippen LogP contribution in [0.2, 0.25) is 0 Å². The average molecular weight is 550 g/mol. The van der Waals surface area contributed by atoms with Crippen LogP contribution in [0.1, 0.15) is 81.6 Å². The molecule has 3 saturated carbocycles. The maximum atomic E-state index is 11.0. The summed E-state index contributed by atoms with van der Waals surface area (Å²) in [6.07, 6.45) is 10.1. The molecule has 7 rings (SSSR count). The summed E-state index contributed by atoms with van der Waals surface area (Å²) in [4.78, 5) is 2.42. The highest BCUT2D eigenvalue weighted by molar-refractivity contribution is 5.75. The van der Waals surface area contributed by atoms with Gasteiger partial charge in [-0.25, -0.2) is 0 Å². The molecular weight excluding hydrogens is 502 g/mol. The fraction of sp³-hybridized carbons (Fsp3) is 0.677. The van der Waals surface area contributed by atoms with Gasteiger partial charge < -0.3 is 41.4 Å². The summed E-state index contributed by atoms with van der Waals surface area (Å²) < 4.78 is 2.08. The highest BCUT2D eigenvalue weighted by Gasteiger charge is 2.45. The number of nitrogens with one attached hydrogen (secondary N) is 4. The fourth-order valence-electron chi connectivity index (χ4n) is 8.03. The van der Waals surface area contributed by atoms with Crippen LogP contribution in [-0.4, -0.2) is 64.4 Å². The molecule has 3 fully saturated rings. The van der Waals surface area contributed by atoms with E-state index in [1.165, 1.54) is 55.5 Å². The van der Waals surface area contributed by atoms with Crippen LogP contribution in [0.3, 0.4) is 0 Å². The van der Waals surface area contributed by atoms with Crippen LogP contribution in [0.5, 0.6) is 0 Å². The lowest BCUT2D eigenvalue weighted by Gasteiger charge is -2.43. The van der Waals surface area contributed by atoms with Crippen LogP contribution in [-0.2, 0) is 5.41 Å². The molecule has 0 spiro atoms. The summed E-state index contributed by atoms with van der Waals surface area (Å²) in [5.74, 6) is 1.77. The van der Waals surface area contributed by atoms with Crippen molar-refractivity contribution < 1.29 is 10.2 Å². The first-order chi connectivity index (χ1) is 19.3. The van der Waals surface area contributed by atoms with Crippen LogP contribution in [0.15, 0.2) is 30.5 Å². The SMILES string of the molecule is CN(C[C@H]1C[C@@H](n2ccc3c2NCNC3N)[C@H](O)[C@@H]1O)C1CC(CCC2Nc3ccc(C4(C)CCC4)cc3N2)C1. The van der Waals surface area contributed by atoms with Gasteiger partial charge in [-0.2, -0.15) is 0 Å². The van der Waals surface area contributed by atoms with Crippen LogP contribution in [0.25, 0.3) is 0 Å². The van der Waals surface area contributed by atoms with Gasteiger partial charge in [-0.05, 0) is 87.1 Å². The molecule has 9 nitrogen and oxygen atoms in total. The number of nitrogens with zero attached hydrogens (tertiary/aromatic N) is 2. The minimum absolute atomic E-state index is 0.0509. The van der Waals surface area contributed by atoms with E-state index in [2.05, 4.69) is 62.9 Å². The number of nitrogens with two attached hydrogens (primary N) is 1. The van der Waals surface area contributed by atoms with Crippen molar-refractivity contribution in [1.29, 1.82) is 0 Å². The standard InChI is InChI=1S/C31H47N7O2/c1-31(9-3-10-31)20-5-6-23-24(15-20)36-26(35-23)7-4-18-12-21(13-18)37(2)16-19-14-25(28(40)27(19)39)38-11-8-22-29(32)33-17-34-30(22)38/h5-6,8,11,15,18-19,21,25-29,33-36,39-40H,3-4,7,9-10,12-14,16-17,32H2,1-2H3/t18?,19-,21?,25-,26?,27-,28+,29?/m1/s1. The molecule has 2 aliphatic heterocycles. The van der Waals surface area contributed by atoms with E-state index in [0.29, 0.717) is 24.3 Å². The zero-order valence-corrected chi connectivity index (χ0v) is 23.9. The minimum Gasteiger partial charge on any atom is -0.390 e. The number of rotatable bonds is 8. The molecule has 5 aliphatic rings. The molecule has 9 heteroatoms. The van der Waals surface area contributed by atoms with Gasteiger partial charge in [-0.15, -0.1) is 0 Å². The van der Waals surface area contributed by atoms with E-state index in [1.54, 1.807) is 0 Å². The molecule has 2 unspecified atom stereocenters. The lowest BCUT2D eigenvalue weighted by molar-refractivity contribution is -0.00683. The summed E-state index contributed by atoms with van der Waals surface area (Å²) in [6, 6.07) is 9.39. The predicted octanol–water partition coefficient (Wildman–Crippen LogP) is 3.50. The van der Waals surface area contributed by atoms with Gasteiger partial charge in [-0.1, -0.05) is 19.4 Å². The number of hydrogen-bond donors (Lipinski definition) is 7. The Hall–Kier alpha value is -2.30. The third kappa shape index (κ3) is 4.60. The summed E-state index contributed by atoms with van der Waals surface area (Å²) in [6.45, 7) is 3.81. The van der Waals surface area contributed by atoms with Crippen molar-refractivity contribution in [3.63, 3.8) is 0 Å². The molecule has 0 amide bonds. The number of hydrogen-bond acceptors (Lipinski definition) is 8. The Morgan fingerprint density at radius 2 is 1.85 bits per heavy atom. The maximum absolute atomic E-state index is 11.0. The second-order valence-corrected chi connectivity index (χ2v) is 13.6. The largest absolute Gasteiger partial charge is 0.390 e. The minimum atomic E-state index is -0.778. The van der Waals surface area contributed by atoms with Gasteiger partial charge in [0.05, 0.1) is 42.5 Å². The quantitative estimate of drug-likeness (QED) is 0.267. The molecule has 6 atom stereocenters. The summed E-state index contributed by atoms with van der Waals surface area (Å²) in [5.41, 5.74) is 11.6. The maximum Gasteiger partial charge on any atom is 0.113 e. The van der Waals surface area contributed by atoms with Gasteiger partial charge >= 0.3 is 0 Å². The van der Waals surface area contributed by atoms with Crippen molar-refractivity contribution in [2.24, 2.45) is 17.6 Å². The van der Waals surface area contributed by atoms with Gasteiger partial charge in [0.2, 0.25) is 0 Å². The van der Waals surface area contributed by atoms with Crippen molar-refractivity contribution in [3.8, 4) is 0 Å². The molecule has 3 heterocycles. The van der Waals surface area contributed by atoms with Gasteiger partial charge in [0.15, 0.2) is 0 Å². The van der Waals surface area contributed by atoms with Crippen molar-refractivity contribution in [2.45, 2.75) is 100 Å². The van der Waals surface area contributed by atoms with E-state index < -0.39 is 12.2 Å². The highest BCUT2D eigenvalue weighted by atomic mass is 16.3. The van der Waals surface area contributed by atoms with E-state index in [0.717, 1.165) is 36.7 Å². The normalized spacial score (nSPS) is 35.6. The van der Waals surface area contributed by atoms with Gasteiger partial charge in [0.25, 0.3) is 0 Å². The van der Waals surface area contributed by atoms with Crippen molar-refractivity contribution >= 4 is 17.2 Å². The number of anilines is 3. The molecule has 2 aromatic rings. The first-order valence-corrected chi connectivity index (χ1v) is 15.5. The Labute approximate surface area is 237 Å². The van der Waals surface area contributed by atoms with Crippen LogP contribution in [0.4, 0.5) is 17.2 Å². The van der Waals surface area contributed by atoms with Gasteiger partial charge in [0, 0.05) is 30.3 Å². The molecule has 0 bridgehead atoms. The van der Waals surface area contributed by atoms with Gasteiger partial charge in [0.1, 0.15) is 11.9 Å². The van der Waals surface area contributed by atoms with E-state index in [-0.39, 0.29) is 18.1 Å². The van der Waals surface area contributed by atoms with Crippen LogP contribution in [0, 0.1) is 11.8 Å². The van der Waals surface area contributed by atoms with Crippen LogP contribution < -0.4 is 27.0 Å². The first-order valence-electron chi connectivity index (χ1n) is 15.5. The topological polar surface area (TPSA) is 123 Å². The molecular formula is C31H47N7O2. The van der Waals surface area contributed by atoms with E-state index in [9.17, 15) is 10.2 Å². The average Bonchev–Trinajstić information content (AvgIpc) is 3.58. The number of aromatic nitrogens is 1. The Morgan fingerprint density at radius 1 is 1.05 bits per heavy atom. The van der Waals surface area contributed by atoms with Gasteiger partial charge in [-0.3, -0.25) is 5.32 Å². The molecule has 0 radical (unpaired) electrons. The second kappa shape index (κ2) is 10.2. The molecule has 40 heavy (non-hydrogen) atoms. The van der Waals surface area contributed by atoms with Crippen molar-refractivity contribution in [3.05, 3.63) is 41.6 Å². The van der Waals surface area contributed by atoms with E-state index in [4.69, 9.17) is 5.73 Å². The van der Waals surface area contributed by atoms with E-state index >= 15 is 0 Å². The first kappa shape index (κ1) is 26.6. The zero-order chi connectivity index (χ0) is 27.6. The summed E-state index contributed by atoms with van der Waals surface area (Å²) >= 11 is 0. The Kier molecular flexibility index (Phi) is 6.78. The highest BCUT2D eigenvalue weighted by Crippen LogP contribution is 2.46. The second-order valence-electron chi connectivity index (χ2n) is 13.6. The summed E-state index contributed by atoms with van der Waals surface area (Å²) in [7, 11) is 2.19. The molecule has 1 aromatic heterocycles. The summed E-state index contributed by atoms with van der Waals surface area (Å²) in [5, 5.41) is 35.9. The molecule has 3 aliphatic carbocycles. The Morgan fingerprint density at radius 3 is 2.62 bits per heavy atom. The molecule has 0 saturated heterocycles. The Bertz CT molecular complexity index is 1220. The molecule has 218 valence electrons. The molecule has 8 N–H and O–H groups in total. The third-order valence-electron chi connectivity index (χ3n) is 11.0. The number of fused-ring (bicyclic) bond motifs is 2. The monoisotopic (exact) mass is 549 g/mol. The van der Waals surface area contributed by atoms with Crippen LogP contribution >= 0.6 is 0 Å².